The lowest BCUT2D eigenvalue weighted by Gasteiger charge is -2.15. The quantitative estimate of drug-likeness (QED) is 0.323. The molecule has 1 amide bonds. The fourth-order valence-electron chi connectivity index (χ4n) is 0.569. The highest BCUT2D eigenvalue weighted by molar-refractivity contribution is 5.64. The number of aliphatic hydroxyl groups excluding tert-OH is 1. The third-order valence-electron chi connectivity index (χ3n) is 1.26. The van der Waals surface area contributed by atoms with E-state index in [2.05, 4.69) is 10.0 Å². The summed E-state index contributed by atoms with van der Waals surface area (Å²) < 4.78 is 0. The molecule has 12 heavy (non-hydrogen) atoms. The summed E-state index contributed by atoms with van der Waals surface area (Å²) in [5, 5.41) is 22.5. The Balaban J connectivity index is 3.83. The first-order chi connectivity index (χ1) is 5.57. The molecule has 0 bridgehead atoms. The molecule has 3 N–H and O–H groups in total. The van der Waals surface area contributed by atoms with Crippen molar-refractivity contribution in [2.24, 2.45) is 5.11 Å². The first-order valence-electron chi connectivity index (χ1n) is 3.26. The lowest BCUT2D eigenvalue weighted by Crippen LogP contribution is -2.41. The van der Waals surface area contributed by atoms with Crippen molar-refractivity contribution in [1.82, 2.24) is 5.32 Å². The van der Waals surface area contributed by atoms with Crippen LogP contribution in [0, 0.1) is 0 Å². The molecule has 0 aromatic rings. The predicted octanol–water partition coefficient (Wildman–Crippen LogP) is 0.314. The van der Waals surface area contributed by atoms with E-state index in [0.29, 0.717) is 0 Å². The van der Waals surface area contributed by atoms with Crippen LogP contribution in [0.1, 0.15) is 6.92 Å². The van der Waals surface area contributed by atoms with Gasteiger partial charge >= 0.3 is 6.09 Å². The lowest BCUT2D eigenvalue weighted by molar-refractivity contribution is 0.132. The van der Waals surface area contributed by atoms with E-state index in [0.717, 1.165) is 0 Å². The Bertz CT molecular complexity index is 193. The second-order valence-corrected chi connectivity index (χ2v) is 2.22. The Morgan fingerprint density at radius 3 is 2.83 bits per heavy atom. The molecule has 7 nitrogen and oxygen atoms in total. The number of amides is 1. The maximum atomic E-state index is 10.1. The molecule has 0 radical (unpaired) electrons. The number of hydrogen-bond acceptors (Lipinski definition) is 3. The van der Waals surface area contributed by atoms with Gasteiger partial charge in [-0.05, 0) is 12.5 Å². The SMILES string of the molecule is C[C@H](NC(=O)O)C(O)CN=[N+]=[N-]. The predicted molar refractivity (Wildman–Crippen MR) is 40.6 cm³/mol. The summed E-state index contributed by atoms with van der Waals surface area (Å²) >= 11 is 0. The summed E-state index contributed by atoms with van der Waals surface area (Å²) in [5.74, 6) is 0. The highest BCUT2D eigenvalue weighted by atomic mass is 16.4. The molecule has 0 aliphatic carbocycles. The second kappa shape index (κ2) is 5.22. The molecule has 7 heteroatoms. The van der Waals surface area contributed by atoms with Crippen molar-refractivity contribution >= 4 is 6.09 Å². The third-order valence-corrected chi connectivity index (χ3v) is 1.26. The summed E-state index contributed by atoms with van der Waals surface area (Å²) in [4.78, 5) is 12.5. The molecule has 68 valence electrons. The molecule has 0 aromatic carbocycles. The third kappa shape index (κ3) is 4.37. The zero-order chi connectivity index (χ0) is 9.56. The summed E-state index contributed by atoms with van der Waals surface area (Å²) in [6.45, 7) is 1.34. The van der Waals surface area contributed by atoms with Gasteiger partial charge in [0.2, 0.25) is 0 Å². The van der Waals surface area contributed by atoms with E-state index in [1.54, 1.807) is 0 Å². The van der Waals surface area contributed by atoms with E-state index in [4.69, 9.17) is 15.7 Å². The first-order valence-corrected chi connectivity index (χ1v) is 3.26. The van der Waals surface area contributed by atoms with Gasteiger partial charge in [0.1, 0.15) is 0 Å². The number of nitrogens with zero attached hydrogens (tertiary/aromatic N) is 3. The monoisotopic (exact) mass is 174 g/mol. The minimum atomic E-state index is -1.22. The van der Waals surface area contributed by atoms with Gasteiger partial charge in [-0.25, -0.2) is 4.79 Å². The van der Waals surface area contributed by atoms with Crippen molar-refractivity contribution in [1.29, 1.82) is 0 Å². The van der Waals surface area contributed by atoms with E-state index in [1.165, 1.54) is 6.92 Å². The Hall–Kier alpha value is -1.46. The lowest BCUT2D eigenvalue weighted by atomic mass is 10.2. The second-order valence-electron chi connectivity index (χ2n) is 2.22. The molecule has 0 saturated carbocycles. The molecule has 0 spiro atoms. The van der Waals surface area contributed by atoms with Crippen LogP contribution in [-0.2, 0) is 0 Å². The summed E-state index contributed by atoms with van der Waals surface area (Å²) in [5.41, 5.74) is 7.89. The van der Waals surface area contributed by atoms with Crippen LogP contribution in [0.2, 0.25) is 0 Å². The summed E-state index contributed by atoms with van der Waals surface area (Å²) in [6, 6.07) is -0.645. The van der Waals surface area contributed by atoms with Crippen LogP contribution in [0.5, 0.6) is 0 Å². The molecular weight excluding hydrogens is 164 g/mol. The zero-order valence-electron chi connectivity index (χ0n) is 6.51. The van der Waals surface area contributed by atoms with Gasteiger partial charge in [0, 0.05) is 4.91 Å². The molecule has 1 unspecified atom stereocenters. The standard InChI is InChI=1S/C5H10N4O3/c1-3(8-5(11)12)4(10)2-7-9-6/h3-4,8,10H,2H2,1H3,(H,11,12)/t3-,4?/m0/s1. The van der Waals surface area contributed by atoms with Crippen molar-refractivity contribution in [3.63, 3.8) is 0 Å². The molecule has 0 saturated heterocycles. The average molecular weight is 174 g/mol. The Morgan fingerprint density at radius 1 is 1.83 bits per heavy atom. The topological polar surface area (TPSA) is 118 Å². The molecule has 0 aliphatic rings. The normalized spacial score (nSPS) is 14.2. The van der Waals surface area contributed by atoms with Gasteiger partial charge in [0.05, 0.1) is 18.7 Å². The fourth-order valence-corrected chi connectivity index (χ4v) is 0.569. The van der Waals surface area contributed by atoms with Crippen molar-refractivity contribution in [3.05, 3.63) is 10.4 Å². The van der Waals surface area contributed by atoms with Crippen molar-refractivity contribution in [2.45, 2.75) is 19.1 Å². The van der Waals surface area contributed by atoms with Gasteiger partial charge < -0.3 is 15.5 Å². The van der Waals surface area contributed by atoms with Gasteiger partial charge in [-0.2, -0.15) is 0 Å². The Labute approximate surface area is 68.6 Å². The van der Waals surface area contributed by atoms with E-state index < -0.39 is 18.2 Å². The highest BCUT2D eigenvalue weighted by Crippen LogP contribution is 1.93. The highest BCUT2D eigenvalue weighted by Gasteiger charge is 2.14. The number of carboxylic acid groups (broad SMARTS) is 1. The number of carbonyl (C=O) groups is 1. The van der Waals surface area contributed by atoms with Crippen LogP contribution in [0.3, 0.4) is 0 Å². The van der Waals surface area contributed by atoms with Crippen LogP contribution < -0.4 is 5.32 Å². The summed E-state index contributed by atoms with van der Waals surface area (Å²) in [7, 11) is 0. The molecule has 0 heterocycles. The molecule has 2 atom stereocenters. The van der Waals surface area contributed by atoms with Crippen LogP contribution in [0.4, 0.5) is 4.79 Å². The van der Waals surface area contributed by atoms with E-state index >= 15 is 0 Å². The smallest absolute Gasteiger partial charge is 0.404 e. The van der Waals surface area contributed by atoms with Gasteiger partial charge in [0.25, 0.3) is 0 Å². The molecule has 0 aliphatic heterocycles. The van der Waals surface area contributed by atoms with Gasteiger partial charge in [-0.3, -0.25) is 0 Å². The Morgan fingerprint density at radius 2 is 2.42 bits per heavy atom. The number of aliphatic hydroxyl groups is 1. The number of hydrogen-bond donors (Lipinski definition) is 3. The van der Waals surface area contributed by atoms with Gasteiger partial charge in [-0.15, -0.1) is 0 Å². The fraction of sp³-hybridized carbons (Fsp3) is 0.800. The van der Waals surface area contributed by atoms with Gasteiger partial charge in [-0.1, -0.05) is 5.11 Å². The molecule has 0 aromatic heterocycles. The number of nitrogens with one attached hydrogen (secondary N) is 1. The van der Waals surface area contributed by atoms with Crippen LogP contribution >= 0.6 is 0 Å². The van der Waals surface area contributed by atoms with E-state index in [-0.39, 0.29) is 6.54 Å². The van der Waals surface area contributed by atoms with Crippen molar-refractivity contribution in [3.8, 4) is 0 Å². The van der Waals surface area contributed by atoms with Crippen molar-refractivity contribution < 1.29 is 15.0 Å². The molecular formula is C5H10N4O3. The maximum absolute atomic E-state index is 10.1. The van der Waals surface area contributed by atoms with Gasteiger partial charge in [0.15, 0.2) is 0 Å². The van der Waals surface area contributed by atoms with Crippen LogP contribution in [-0.4, -0.2) is 35.0 Å². The van der Waals surface area contributed by atoms with Crippen LogP contribution in [0.15, 0.2) is 5.11 Å². The minimum Gasteiger partial charge on any atom is -0.465 e. The average Bonchev–Trinajstić information content (AvgIpc) is 1.98. The number of rotatable bonds is 4. The van der Waals surface area contributed by atoms with Crippen LogP contribution in [0.25, 0.3) is 10.4 Å². The Kier molecular flexibility index (Phi) is 4.59. The summed E-state index contributed by atoms with van der Waals surface area (Å²) in [6.07, 6.45) is -2.21. The van der Waals surface area contributed by atoms with E-state index in [9.17, 15) is 4.79 Å². The number of azide groups is 1. The van der Waals surface area contributed by atoms with Crippen molar-refractivity contribution in [2.75, 3.05) is 6.54 Å². The minimum absolute atomic E-state index is 0.141. The molecule has 0 rings (SSSR count). The maximum Gasteiger partial charge on any atom is 0.404 e. The first kappa shape index (κ1) is 10.5. The zero-order valence-corrected chi connectivity index (χ0v) is 6.51. The largest absolute Gasteiger partial charge is 0.465 e. The van der Waals surface area contributed by atoms with E-state index in [1.807, 2.05) is 5.32 Å². The molecule has 0 fully saturated rings.